The smallest absolute Gasteiger partial charge is 0.289 e. The van der Waals surface area contributed by atoms with Crippen LogP contribution in [0, 0.1) is 12.8 Å². The summed E-state index contributed by atoms with van der Waals surface area (Å²) in [6.45, 7) is 4.70. The van der Waals surface area contributed by atoms with Gasteiger partial charge in [-0.3, -0.25) is 4.79 Å². The second-order valence-electron chi connectivity index (χ2n) is 5.67. The van der Waals surface area contributed by atoms with Gasteiger partial charge < -0.3 is 13.9 Å². The summed E-state index contributed by atoms with van der Waals surface area (Å²) in [6.07, 6.45) is 8.72. The maximum absolute atomic E-state index is 12.2. The van der Waals surface area contributed by atoms with E-state index in [0.29, 0.717) is 11.7 Å². The average molecular weight is 287 g/mol. The molecular formula is C16H21N3O2. The number of aryl methyl sites for hydroxylation is 2. The lowest BCUT2D eigenvalue weighted by Crippen LogP contribution is -2.38. The minimum absolute atomic E-state index is 0.0175. The average Bonchev–Trinajstić information content (AvgIpc) is 3.17. The van der Waals surface area contributed by atoms with Gasteiger partial charge in [-0.1, -0.05) is 0 Å². The van der Waals surface area contributed by atoms with Gasteiger partial charge in [0.2, 0.25) is 0 Å². The van der Waals surface area contributed by atoms with E-state index in [4.69, 9.17) is 4.42 Å². The summed E-state index contributed by atoms with van der Waals surface area (Å²) in [5.41, 5.74) is 0. The summed E-state index contributed by atoms with van der Waals surface area (Å²) < 4.78 is 7.38. The zero-order chi connectivity index (χ0) is 14.7. The summed E-state index contributed by atoms with van der Waals surface area (Å²) in [4.78, 5) is 18.3. The third kappa shape index (κ3) is 3.17. The minimum Gasteiger partial charge on any atom is -0.459 e. The highest BCUT2D eigenvalue weighted by atomic mass is 16.3. The molecule has 1 aliphatic rings. The topological polar surface area (TPSA) is 51.3 Å². The number of carbonyl (C=O) groups is 1. The lowest BCUT2D eigenvalue weighted by atomic mass is 9.93. The highest BCUT2D eigenvalue weighted by Gasteiger charge is 2.24. The Bertz CT molecular complexity index is 580. The molecule has 3 rings (SSSR count). The van der Waals surface area contributed by atoms with Gasteiger partial charge in [-0.25, -0.2) is 4.98 Å². The standard InChI is InChI=1S/C16H21N3O2/c1-13-17-7-11-18(13)8-4-14-5-9-19(10-6-14)16(20)15-3-2-12-21-15/h2-3,7,11-12,14H,4-6,8-10H2,1H3. The molecule has 0 spiro atoms. The van der Waals surface area contributed by atoms with Gasteiger partial charge in [0.05, 0.1) is 6.26 Å². The molecule has 112 valence electrons. The van der Waals surface area contributed by atoms with Crippen molar-refractivity contribution in [2.24, 2.45) is 5.92 Å². The van der Waals surface area contributed by atoms with Crippen LogP contribution < -0.4 is 0 Å². The van der Waals surface area contributed by atoms with Crippen LogP contribution in [0.25, 0.3) is 0 Å². The third-order valence-electron chi connectivity index (χ3n) is 4.34. The molecule has 0 radical (unpaired) electrons. The molecule has 1 fully saturated rings. The van der Waals surface area contributed by atoms with Crippen LogP contribution in [0.1, 0.15) is 35.6 Å². The van der Waals surface area contributed by atoms with Crippen molar-refractivity contribution in [2.45, 2.75) is 32.7 Å². The minimum atomic E-state index is 0.0175. The van der Waals surface area contributed by atoms with E-state index in [2.05, 4.69) is 9.55 Å². The van der Waals surface area contributed by atoms with Crippen molar-refractivity contribution in [3.8, 4) is 0 Å². The number of carbonyl (C=O) groups excluding carboxylic acids is 1. The first-order valence-corrected chi connectivity index (χ1v) is 7.54. The molecule has 2 aromatic rings. The van der Waals surface area contributed by atoms with Gasteiger partial charge in [-0.15, -0.1) is 0 Å². The van der Waals surface area contributed by atoms with Gasteiger partial charge in [-0.2, -0.15) is 0 Å². The number of nitrogens with zero attached hydrogens (tertiary/aromatic N) is 3. The third-order valence-corrected chi connectivity index (χ3v) is 4.34. The number of hydrogen-bond donors (Lipinski definition) is 0. The number of furan rings is 1. The van der Waals surface area contributed by atoms with Crippen molar-refractivity contribution < 1.29 is 9.21 Å². The van der Waals surface area contributed by atoms with Crippen LogP contribution >= 0.6 is 0 Å². The van der Waals surface area contributed by atoms with Crippen molar-refractivity contribution in [3.63, 3.8) is 0 Å². The predicted molar refractivity (Wildman–Crippen MR) is 78.9 cm³/mol. The second kappa shape index (κ2) is 6.16. The van der Waals surface area contributed by atoms with Crippen molar-refractivity contribution >= 4 is 5.91 Å². The summed E-state index contributed by atoms with van der Waals surface area (Å²) in [7, 11) is 0. The molecule has 2 aromatic heterocycles. The number of aromatic nitrogens is 2. The Balaban J connectivity index is 1.47. The van der Waals surface area contributed by atoms with Crippen molar-refractivity contribution in [1.29, 1.82) is 0 Å². The molecule has 21 heavy (non-hydrogen) atoms. The predicted octanol–water partition coefficient (Wildman–Crippen LogP) is 2.73. The first kappa shape index (κ1) is 13.9. The number of hydrogen-bond acceptors (Lipinski definition) is 3. The molecule has 5 nitrogen and oxygen atoms in total. The first-order valence-electron chi connectivity index (χ1n) is 7.54. The molecule has 1 amide bonds. The van der Waals surface area contributed by atoms with E-state index in [9.17, 15) is 4.79 Å². The van der Waals surface area contributed by atoms with E-state index in [-0.39, 0.29) is 5.91 Å². The molecule has 1 aliphatic heterocycles. The Hall–Kier alpha value is -2.04. The number of likely N-dealkylation sites (tertiary alicyclic amines) is 1. The summed E-state index contributed by atoms with van der Waals surface area (Å²) >= 11 is 0. The Morgan fingerprint density at radius 2 is 2.24 bits per heavy atom. The quantitative estimate of drug-likeness (QED) is 0.868. The molecule has 0 saturated carbocycles. The van der Waals surface area contributed by atoms with E-state index < -0.39 is 0 Å². The largest absolute Gasteiger partial charge is 0.459 e. The first-order chi connectivity index (χ1) is 10.2. The zero-order valence-corrected chi connectivity index (χ0v) is 12.4. The summed E-state index contributed by atoms with van der Waals surface area (Å²) in [5, 5.41) is 0. The highest BCUT2D eigenvalue weighted by molar-refractivity contribution is 5.91. The summed E-state index contributed by atoms with van der Waals surface area (Å²) in [5.74, 6) is 2.22. The van der Waals surface area contributed by atoms with E-state index in [1.165, 1.54) is 0 Å². The van der Waals surface area contributed by atoms with Crippen LogP contribution in [-0.4, -0.2) is 33.4 Å². The molecule has 0 aromatic carbocycles. The number of rotatable bonds is 4. The maximum atomic E-state index is 12.2. The van der Waals surface area contributed by atoms with Gasteiger partial charge >= 0.3 is 0 Å². The van der Waals surface area contributed by atoms with E-state index >= 15 is 0 Å². The zero-order valence-electron chi connectivity index (χ0n) is 12.4. The van der Waals surface area contributed by atoms with Crippen LogP contribution in [0.2, 0.25) is 0 Å². The molecular weight excluding hydrogens is 266 g/mol. The fourth-order valence-electron chi connectivity index (χ4n) is 2.94. The van der Waals surface area contributed by atoms with Gasteiger partial charge in [0.15, 0.2) is 5.76 Å². The van der Waals surface area contributed by atoms with Crippen LogP contribution in [0.4, 0.5) is 0 Å². The van der Waals surface area contributed by atoms with Gasteiger partial charge in [-0.05, 0) is 44.2 Å². The summed E-state index contributed by atoms with van der Waals surface area (Å²) in [6, 6.07) is 3.49. The van der Waals surface area contributed by atoms with Crippen molar-refractivity contribution in [3.05, 3.63) is 42.4 Å². The Morgan fingerprint density at radius 1 is 1.43 bits per heavy atom. The molecule has 0 unspecified atom stereocenters. The molecule has 0 bridgehead atoms. The SMILES string of the molecule is Cc1nccn1CCC1CCN(C(=O)c2ccco2)CC1. The molecule has 1 saturated heterocycles. The number of imidazole rings is 1. The van der Waals surface area contributed by atoms with Crippen LogP contribution in [0.15, 0.2) is 35.2 Å². The van der Waals surface area contributed by atoms with Crippen LogP contribution in [0.5, 0.6) is 0 Å². The van der Waals surface area contributed by atoms with Gasteiger partial charge in [0, 0.05) is 32.0 Å². The molecule has 0 atom stereocenters. The maximum Gasteiger partial charge on any atom is 0.289 e. The van der Waals surface area contributed by atoms with E-state index in [1.807, 2.05) is 24.2 Å². The van der Waals surface area contributed by atoms with Crippen LogP contribution in [-0.2, 0) is 6.54 Å². The molecule has 3 heterocycles. The molecule has 5 heteroatoms. The number of amides is 1. The highest BCUT2D eigenvalue weighted by Crippen LogP contribution is 2.22. The van der Waals surface area contributed by atoms with Crippen LogP contribution in [0.3, 0.4) is 0 Å². The number of piperidine rings is 1. The fourth-order valence-corrected chi connectivity index (χ4v) is 2.94. The van der Waals surface area contributed by atoms with Crippen molar-refractivity contribution in [1.82, 2.24) is 14.5 Å². The van der Waals surface area contributed by atoms with Gasteiger partial charge in [0.25, 0.3) is 5.91 Å². The van der Waals surface area contributed by atoms with E-state index in [0.717, 1.165) is 44.7 Å². The molecule has 0 aliphatic carbocycles. The Labute approximate surface area is 124 Å². The lowest BCUT2D eigenvalue weighted by Gasteiger charge is -2.31. The van der Waals surface area contributed by atoms with E-state index in [1.54, 1.807) is 18.4 Å². The van der Waals surface area contributed by atoms with Crippen molar-refractivity contribution in [2.75, 3.05) is 13.1 Å². The Kier molecular flexibility index (Phi) is 4.08. The normalized spacial score (nSPS) is 16.3. The van der Waals surface area contributed by atoms with Gasteiger partial charge in [0.1, 0.15) is 5.82 Å². The monoisotopic (exact) mass is 287 g/mol. The molecule has 0 N–H and O–H groups in total. The fraction of sp³-hybridized carbons (Fsp3) is 0.500. The second-order valence-corrected chi connectivity index (χ2v) is 5.67. The lowest BCUT2D eigenvalue weighted by molar-refractivity contribution is 0.0653. The Morgan fingerprint density at radius 3 is 2.86 bits per heavy atom.